The highest BCUT2D eigenvalue weighted by Gasteiger charge is 2.20. The molecule has 1 aliphatic rings. The summed E-state index contributed by atoms with van der Waals surface area (Å²) in [5.41, 5.74) is 2.52. The van der Waals surface area contributed by atoms with E-state index in [2.05, 4.69) is 32.2 Å². The van der Waals surface area contributed by atoms with E-state index in [4.69, 9.17) is 16.3 Å². The number of hydrogen-bond donors (Lipinski definition) is 1. The van der Waals surface area contributed by atoms with E-state index >= 15 is 0 Å². The van der Waals surface area contributed by atoms with Crippen LogP contribution in [0.1, 0.15) is 31.9 Å². The Kier molecular flexibility index (Phi) is 4.52. The van der Waals surface area contributed by atoms with Crippen LogP contribution in [0.15, 0.2) is 12.1 Å². The zero-order chi connectivity index (χ0) is 13.1. The Morgan fingerprint density at radius 3 is 2.89 bits per heavy atom. The molecule has 1 aromatic rings. The molecular formula is C15H22ClNO. The van der Waals surface area contributed by atoms with Crippen molar-refractivity contribution in [3.63, 3.8) is 0 Å². The number of rotatable bonds is 5. The summed E-state index contributed by atoms with van der Waals surface area (Å²) in [5.74, 6) is 1.65. The van der Waals surface area contributed by atoms with Crippen molar-refractivity contribution in [3.8, 4) is 5.75 Å². The van der Waals surface area contributed by atoms with Gasteiger partial charge in [-0.1, -0.05) is 25.4 Å². The fourth-order valence-corrected chi connectivity index (χ4v) is 2.81. The van der Waals surface area contributed by atoms with Crippen LogP contribution in [0.2, 0.25) is 5.02 Å². The van der Waals surface area contributed by atoms with Crippen molar-refractivity contribution in [2.75, 3.05) is 13.2 Å². The van der Waals surface area contributed by atoms with E-state index in [0.29, 0.717) is 12.0 Å². The van der Waals surface area contributed by atoms with Crippen LogP contribution in [0.4, 0.5) is 0 Å². The number of ether oxygens (including phenoxy) is 1. The zero-order valence-corrected chi connectivity index (χ0v) is 12.2. The van der Waals surface area contributed by atoms with E-state index in [-0.39, 0.29) is 0 Å². The zero-order valence-electron chi connectivity index (χ0n) is 11.4. The highest BCUT2D eigenvalue weighted by atomic mass is 35.5. The van der Waals surface area contributed by atoms with E-state index in [0.717, 1.165) is 36.8 Å². The Labute approximate surface area is 115 Å². The third kappa shape index (κ3) is 2.99. The lowest BCUT2D eigenvalue weighted by molar-refractivity contribution is 0.346. The van der Waals surface area contributed by atoms with Gasteiger partial charge in [-0.2, -0.15) is 0 Å². The first-order valence-corrected chi connectivity index (χ1v) is 7.17. The van der Waals surface area contributed by atoms with Gasteiger partial charge in [0.25, 0.3) is 0 Å². The summed E-state index contributed by atoms with van der Waals surface area (Å²) in [5, 5.41) is 4.31. The molecule has 1 aliphatic heterocycles. The lowest BCUT2D eigenvalue weighted by atomic mass is 9.93. The second kappa shape index (κ2) is 5.94. The minimum absolute atomic E-state index is 0.506. The Hall–Kier alpha value is -0.730. The average Bonchev–Trinajstić information content (AvgIpc) is 2.77. The van der Waals surface area contributed by atoms with Gasteiger partial charge in [-0.15, -0.1) is 0 Å². The van der Waals surface area contributed by atoms with E-state index in [9.17, 15) is 0 Å². The van der Waals surface area contributed by atoms with Crippen molar-refractivity contribution in [2.45, 2.75) is 39.7 Å². The summed E-state index contributed by atoms with van der Waals surface area (Å²) in [7, 11) is 0. The molecule has 0 amide bonds. The molecule has 0 spiro atoms. The second-order valence-electron chi connectivity index (χ2n) is 5.18. The molecule has 2 atom stereocenters. The standard InChI is InChI=1S/C15H22ClNO/c1-4-17-11(3)10(2)7-13-9-14(16)8-12-5-6-18-15(12)13/h8-11,17H,4-7H2,1-3H3. The molecule has 2 rings (SSSR count). The fourth-order valence-electron chi connectivity index (χ4n) is 2.54. The lowest BCUT2D eigenvalue weighted by Gasteiger charge is -2.21. The lowest BCUT2D eigenvalue weighted by Crippen LogP contribution is -2.32. The van der Waals surface area contributed by atoms with Gasteiger partial charge in [0.2, 0.25) is 0 Å². The largest absolute Gasteiger partial charge is 0.493 e. The smallest absolute Gasteiger partial charge is 0.125 e. The molecule has 100 valence electrons. The molecule has 0 saturated carbocycles. The summed E-state index contributed by atoms with van der Waals surface area (Å²) in [6.45, 7) is 8.45. The van der Waals surface area contributed by atoms with Crippen molar-refractivity contribution in [2.24, 2.45) is 5.92 Å². The van der Waals surface area contributed by atoms with Gasteiger partial charge >= 0.3 is 0 Å². The van der Waals surface area contributed by atoms with Crippen molar-refractivity contribution in [1.82, 2.24) is 5.32 Å². The van der Waals surface area contributed by atoms with E-state index in [1.54, 1.807) is 0 Å². The number of fused-ring (bicyclic) bond motifs is 1. The topological polar surface area (TPSA) is 21.3 Å². The quantitative estimate of drug-likeness (QED) is 0.882. The number of nitrogens with one attached hydrogen (secondary N) is 1. The summed E-state index contributed by atoms with van der Waals surface area (Å²) in [4.78, 5) is 0. The minimum atomic E-state index is 0.506. The molecule has 0 aliphatic carbocycles. The first kappa shape index (κ1) is 13.7. The first-order valence-electron chi connectivity index (χ1n) is 6.79. The third-order valence-corrected chi connectivity index (χ3v) is 3.97. The molecule has 0 radical (unpaired) electrons. The molecule has 1 aromatic carbocycles. The summed E-state index contributed by atoms with van der Waals surface area (Å²) in [6, 6.07) is 4.60. The maximum absolute atomic E-state index is 6.18. The molecule has 2 unspecified atom stereocenters. The predicted octanol–water partition coefficient (Wildman–Crippen LogP) is 3.45. The van der Waals surface area contributed by atoms with Crippen LogP contribution in [0.5, 0.6) is 5.75 Å². The number of hydrogen-bond acceptors (Lipinski definition) is 2. The van der Waals surface area contributed by atoms with Crippen molar-refractivity contribution >= 4 is 11.6 Å². The minimum Gasteiger partial charge on any atom is -0.493 e. The Morgan fingerprint density at radius 2 is 2.17 bits per heavy atom. The molecule has 0 fully saturated rings. The van der Waals surface area contributed by atoms with Crippen LogP contribution >= 0.6 is 11.6 Å². The van der Waals surface area contributed by atoms with Crippen LogP contribution in [0.25, 0.3) is 0 Å². The maximum Gasteiger partial charge on any atom is 0.125 e. The van der Waals surface area contributed by atoms with Crippen molar-refractivity contribution in [3.05, 3.63) is 28.3 Å². The molecule has 18 heavy (non-hydrogen) atoms. The van der Waals surface area contributed by atoms with E-state index < -0.39 is 0 Å². The van der Waals surface area contributed by atoms with Gasteiger partial charge in [-0.3, -0.25) is 0 Å². The first-order chi connectivity index (χ1) is 8.61. The Bertz CT molecular complexity index is 419. The fraction of sp³-hybridized carbons (Fsp3) is 0.600. The normalized spacial score (nSPS) is 17.1. The van der Waals surface area contributed by atoms with E-state index in [1.807, 2.05) is 6.07 Å². The molecule has 1 heterocycles. The molecule has 0 bridgehead atoms. The van der Waals surface area contributed by atoms with Gasteiger partial charge in [0.05, 0.1) is 6.61 Å². The third-order valence-electron chi connectivity index (χ3n) is 3.75. The summed E-state index contributed by atoms with van der Waals surface area (Å²) >= 11 is 6.18. The van der Waals surface area contributed by atoms with Crippen LogP contribution in [-0.4, -0.2) is 19.2 Å². The van der Waals surface area contributed by atoms with Crippen molar-refractivity contribution in [1.29, 1.82) is 0 Å². The highest BCUT2D eigenvalue weighted by molar-refractivity contribution is 6.30. The summed E-state index contributed by atoms with van der Waals surface area (Å²) < 4.78 is 5.75. The molecular weight excluding hydrogens is 246 g/mol. The Balaban J connectivity index is 2.14. The number of halogens is 1. The van der Waals surface area contributed by atoms with Crippen LogP contribution in [0, 0.1) is 5.92 Å². The van der Waals surface area contributed by atoms with E-state index in [1.165, 1.54) is 11.1 Å². The SMILES string of the molecule is CCNC(C)C(C)Cc1cc(Cl)cc2c1OCC2. The maximum atomic E-state index is 6.18. The predicted molar refractivity (Wildman–Crippen MR) is 76.7 cm³/mol. The van der Waals surface area contributed by atoms with Gasteiger partial charge in [0, 0.05) is 17.5 Å². The molecule has 0 saturated heterocycles. The molecule has 0 aromatic heterocycles. The van der Waals surface area contributed by atoms with Crippen LogP contribution in [0.3, 0.4) is 0 Å². The Morgan fingerprint density at radius 1 is 1.39 bits per heavy atom. The van der Waals surface area contributed by atoms with Gasteiger partial charge in [-0.25, -0.2) is 0 Å². The molecule has 2 nitrogen and oxygen atoms in total. The van der Waals surface area contributed by atoms with Gasteiger partial charge in [-0.05, 0) is 49.1 Å². The van der Waals surface area contributed by atoms with Crippen molar-refractivity contribution < 1.29 is 4.74 Å². The average molecular weight is 268 g/mol. The highest BCUT2D eigenvalue weighted by Crippen LogP contribution is 2.34. The van der Waals surface area contributed by atoms with Gasteiger partial charge in [0.1, 0.15) is 5.75 Å². The summed E-state index contributed by atoms with van der Waals surface area (Å²) in [6.07, 6.45) is 2.00. The molecule has 3 heteroatoms. The monoisotopic (exact) mass is 267 g/mol. The van der Waals surface area contributed by atoms with Crippen LogP contribution in [-0.2, 0) is 12.8 Å². The van der Waals surface area contributed by atoms with Gasteiger partial charge < -0.3 is 10.1 Å². The second-order valence-corrected chi connectivity index (χ2v) is 5.62. The van der Waals surface area contributed by atoms with Crippen LogP contribution < -0.4 is 10.1 Å². The molecule has 1 N–H and O–H groups in total. The number of benzene rings is 1. The van der Waals surface area contributed by atoms with Gasteiger partial charge in [0.15, 0.2) is 0 Å².